The third-order valence-corrected chi connectivity index (χ3v) is 5.99. The summed E-state index contributed by atoms with van der Waals surface area (Å²) in [5, 5.41) is 10.5. The lowest BCUT2D eigenvalue weighted by molar-refractivity contribution is 0.0927. The Morgan fingerprint density at radius 1 is 1.29 bits per heavy atom. The Hall–Kier alpha value is -1.67. The van der Waals surface area contributed by atoms with E-state index in [1.165, 1.54) is 0 Å². The summed E-state index contributed by atoms with van der Waals surface area (Å²) in [5.41, 5.74) is 9.00. The normalized spacial score (nSPS) is 19.0. The fraction of sp³-hybridized carbons (Fsp3) is 0.421. The molecule has 1 saturated carbocycles. The second-order valence-corrected chi connectivity index (χ2v) is 7.97. The first-order valence-corrected chi connectivity index (χ1v) is 9.85. The number of amides is 1. The van der Waals surface area contributed by atoms with Crippen molar-refractivity contribution in [2.24, 2.45) is 12.8 Å². The van der Waals surface area contributed by atoms with Gasteiger partial charge in [-0.05, 0) is 50.1 Å². The first-order valence-electron chi connectivity index (χ1n) is 8.97. The number of carbonyl (C=O) groups is 1. The predicted octanol–water partition coefficient (Wildman–Crippen LogP) is 3.85. The van der Waals surface area contributed by atoms with Gasteiger partial charge in [0.15, 0.2) is 5.65 Å². The van der Waals surface area contributed by atoms with Crippen LogP contribution in [-0.4, -0.2) is 32.8 Å². The van der Waals surface area contributed by atoms with Gasteiger partial charge in [0, 0.05) is 19.1 Å². The average molecular weight is 442 g/mol. The van der Waals surface area contributed by atoms with Crippen LogP contribution in [0.4, 0.5) is 0 Å². The van der Waals surface area contributed by atoms with E-state index in [0.717, 1.165) is 53.0 Å². The first-order chi connectivity index (χ1) is 12.5. The minimum atomic E-state index is -0.0493. The van der Waals surface area contributed by atoms with Crippen molar-refractivity contribution >= 4 is 53.1 Å². The monoisotopic (exact) mass is 441 g/mol. The molecule has 1 aliphatic carbocycles. The second-order valence-electron chi connectivity index (χ2n) is 7.03. The van der Waals surface area contributed by atoms with Crippen molar-refractivity contribution in [2.45, 2.75) is 44.7 Å². The van der Waals surface area contributed by atoms with Gasteiger partial charge in [0.25, 0.3) is 5.91 Å². The highest BCUT2D eigenvalue weighted by atomic mass is 35.5. The van der Waals surface area contributed by atoms with Crippen molar-refractivity contribution in [1.29, 1.82) is 0 Å². The van der Waals surface area contributed by atoms with Crippen LogP contribution in [0.5, 0.6) is 0 Å². The summed E-state index contributed by atoms with van der Waals surface area (Å²) in [6.07, 6.45) is 3.79. The summed E-state index contributed by atoms with van der Waals surface area (Å²) in [6, 6.07) is 6.36. The summed E-state index contributed by atoms with van der Waals surface area (Å²) < 4.78 is 1.75. The molecule has 0 bridgehead atoms. The van der Waals surface area contributed by atoms with Crippen molar-refractivity contribution in [3.8, 4) is 10.6 Å². The van der Waals surface area contributed by atoms with Crippen LogP contribution in [0.3, 0.4) is 0 Å². The number of rotatable bonds is 3. The minimum Gasteiger partial charge on any atom is -0.349 e. The van der Waals surface area contributed by atoms with E-state index < -0.39 is 0 Å². The van der Waals surface area contributed by atoms with Gasteiger partial charge >= 0.3 is 0 Å². The third-order valence-electron chi connectivity index (χ3n) is 5.09. The van der Waals surface area contributed by atoms with E-state index in [2.05, 4.69) is 10.4 Å². The fourth-order valence-electron chi connectivity index (χ4n) is 3.70. The molecule has 3 aromatic rings. The van der Waals surface area contributed by atoms with Gasteiger partial charge in [0.05, 0.1) is 27.2 Å². The maximum absolute atomic E-state index is 13.1. The van der Waals surface area contributed by atoms with E-state index in [4.69, 9.17) is 10.7 Å². The molecule has 28 heavy (non-hydrogen) atoms. The van der Waals surface area contributed by atoms with E-state index in [-0.39, 0.29) is 42.8 Å². The van der Waals surface area contributed by atoms with Gasteiger partial charge in [-0.15, -0.1) is 36.2 Å². The summed E-state index contributed by atoms with van der Waals surface area (Å²) in [6.45, 7) is 1.92. The number of pyridine rings is 1. The Balaban J connectivity index is 0.00000140. The molecule has 0 saturated heterocycles. The molecule has 4 rings (SSSR count). The van der Waals surface area contributed by atoms with Crippen molar-refractivity contribution in [3.63, 3.8) is 0 Å². The number of nitrogens with two attached hydrogens (primary N) is 1. The fourth-order valence-corrected chi connectivity index (χ4v) is 4.39. The first kappa shape index (κ1) is 22.6. The van der Waals surface area contributed by atoms with Crippen LogP contribution < -0.4 is 11.1 Å². The molecule has 0 spiro atoms. The molecule has 3 aromatic heterocycles. The number of thiophene rings is 1. The molecule has 3 heterocycles. The number of halogens is 2. The van der Waals surface area contributed by atoms with Gasteiger partial charge in [-0.2, -0.15) is 5.10 Å². The van der Waals surface area contributed by atoms with Crippen molar-refractivity contribution in [3.05, 3.63) is 34.8 Å². The molecular weight excluding hydrogens is 417 g/mol. The van der Waals surface area contributed by atoms with Gasteiger partial charge in [-0.1, -0.05) is 6.07 Å². The van der Waals surface area contributed by atoms with Gasteiger partial charge < -0.3 is 11.1 Å². The molecule has 1 fully saturated rings. The lowest BCUT2D eigenvalue weighted by Crippen LogP contribution is -2.40. The molecule has 0 aliphatic heterocycles. The van der Waals surface area contributed by atoms with Crippen LogP contribution in [-0.2, 0) is 7.05 Å². The Kier molecular flexibility index (Phi) is 7.45. The Morgan fingerprint density at radius 2 is 2.00 bits per heavy atom. The largest absolute Gasteiger partial charge is 0.349 e. The highest BCUT2D eigenvalue weighted by molar-refractivity contribution is 7.13. The molecule has 0 radical (unpaired) electrons. The molecule has 0 aromatic carbocycles. The van der Waals surface area contributed by atoms with Crippen LogP contribution in [0.15, 0.2) is 23.6 Å². The molecule has 9 heteroatoms. The number of carbonyl (C=O) groups excluding carboxylic acids is 1. The van der Waals surface area contributed by atoms with Gasteiger partial charge in [-0.3, -0.25) is 9.48 Å². The number of nitrogens with one attached hydrogen (secondary N) is 1. The number of aromatic nitrogens is 3. The van der Waals surface area contributed by atoms with Crippen molar-refractivity contribution in [1.82, 2.24) is 20.1 Å². The van der Waals surface area contributed by atoms with Gasteiger partial charge in [-0.25, -0.2) is 4.98 Å². The average Bonchev–Trinajstić information content (AvgIpc) is 3.25. The molecule has 6 nitrogen and oxygen atoms in total. The Labute approximate surface area is 180 Å². The molecule has 1 aliphatic rings. The number of aryl methyl sites for hydroxylation is 2. The Bertz CT molecular complexity index is 949. The zero-order valence-corrected chi connectivity index (χ0v) is 18.3. The van der Waals surface area contributed by atoms with E-state index in [9.17, 15) is 4.79 Å². The van der Waals surface area contributed by atoms with E-state index in [1.54, 1.807) is 16.0 Å². The topological polar surface area (TPSA) is 85.8 Å². The van der Waals surface area contributed by atoms with Crippen LogP contribution in [0.1, 0.15) is 41.7 Å². The van der Waals surface area contributed by atoms with Gasteiger partial charge in [0.2, 0.25) is 0 Å². The highest BCUT2D eigenvalue weighted by Gasteiger charge is 2.24. The highest BCUT2D eigenvalue weighted by Crippen LogP contribution is 2.29. The van der Waals surface area contributed by atoms with E-state index in [0.29, 0.717) is 5.56 Å². The SMILES string of the molecule is Cc1nn(C)c2nc(-c3cccs3)cc(C(=O)NC3CCC(N)CC3)c12.Cl.Cl. The molecule has 1 amide bonds. The number of hydrogen-bond donors (Lipinski definition) is 2. The van der Waals surface area contributed by atoms with Crippen LogP contribution in [0, 0.1) is 6.92 Å². The minimum absolute atomic E-state index is 0. The lowest BCUT2D eigenvalue weighted by Gasteiger charge is -2.27. The van der Waals surface area contributed by atoms with Crippen molar-refractivity contribution in [2.75, 3.05) is 0 Å². The third kappa shape index (κ3) is 4.33. The zero-order valence-electron chi connectivity index (χ0n) is 15.8. The molecular formula is C19H25Cl2N5OS. The smallest absolute Gasteiger partial charge is 0.252 e. The van der Waals surface area contributed by atoms with Gasteiger partial charge in [0.1, 0.15) is 0 Å². The zero-order chi connectivity index (χ0) is 18.3. The van der Waals surface area contributed by atoms with E-state index >= 15 is 0 Å². The summed E-state index contributed by atoms with van der Waals surface area (Å²) in [4.78, 5) is 18.9. The maximum Gasteiger partial charge on any atom is 0.252 e. The quantitative estimate of drug-likeness (QED) is 0.645. The number of fused-ring (bicyclic) bond motifs is 1. The predicted molar refractivity (Wildman–Crippen MR) is 119 cm³/mol. The summed E-state index contributed by atoms with van der Waals surface area (Å²) in [5.74, 6) is -0.0493. The number of nitrogens with zero attached hydrogens (tertiary/aromatic N) is 3. The molecule has 0 atom stereocenters. The van der Waals surface area contributed by atoms with Crippen LogP contribution >= 0.6 is 36.2 Å². The van der Waals surface area contributed by atoms with Crippen LogP contribution in [0.2, 0.25) is 0 Å². The molecule has 3 N–H and O–H groups in total. The molecule has 152 valence electrons. The van der Waals surface area contributed by atoms with Crippen LogP contribution in [0.25, 0.3) is 21.6 Å². The van der Waals surface area contributed by atoms with E-state index in [1.807, 2.05) is 37.6 Å². The van der Waals surface area contributed by atoms with Crippen molar-refractivity contribution < 1.29 is 4.79 Å². The lowest BCUT2D eigenvalue weighted by atomic mass is 9.91. The standard InChI is InChI=1S/C19H23N5OS.2ClH/c1-11-17-14(19(25)21-13-7-5-12(20)6-8-13)10-15(16-4-3-9-26-16)22-18(17)24(2)23-11;;/h3-4,9-10,12-13H,5-8,20H2,1-2H3,(H,21,25);2*1H. The molecule has 0 unspecified atom stereocenters. The maximum atomic E-state index is 13.1. The second kappa shape index (κ2) is 9.22. The summed E-state index contributed by atoms with van der Waals surface area (Å²) in [7, 11) is 1.87. The number of hydrogen-bond acceptors (Lipinski definition) is 5. The summed E-state index contributed by atoms with van der Waals surface area (Å²) >= 11 is 1.62. The Morgan fingerprint density at radius 3 is 2.64 bits per heavy atom.